The summed E-state index contributed by atoms with van der Waals surface area (Å²) in [6.45, 7) is 0.627. The molecule has 0 unspecified atom stereocenters. The summed E-state index contributed by atoms with van der Waals surface area (Å²) in [7, 11) is -4.04. The van der Waals surface area contributed by atoms with Crippen LogP contribution in [0.2, 0.25) is 5.02 Å². The van der Waals surface area contributed by atoms with Crippen molar-refractivity contribution in [3.05, 3.63) is 28.3 Å². The zero-order valence-corrected chi connectivity index (χ0v) is 11.4. The lowest BCUT2D eigenvalue weighted by atomic mass is 10.1. The van der Waals surface area contributed by atoms with E-state index in [4.69, 9.17) is 16.7 Å². The second-order valence-electron chi connectivity index (χ2n) is 3.72. The smallest absolute Gasteiger partial charge is 0.255 e. The number of carbonyl (C=O) groups is 1. The molecule has 0 bridgehead atoms. The van der Waals surface area contributed by atoms with E-state index in [0.29, 0.717) is 0 Å². The van der Waals surface area contributed by atoms with Crippen LogP contribution in [0.1, 0.15) is 15.9 Å². The molecule has 0 saturated heterocycles. The van der Waals surface area contributed by atoms with Crippen molar-refractivity contribution in [2.45, 2.75) is 18.2 Å². The molecule has 0 aliphatic rings. The van der Waals surface area contributed by atoms with Gasteiger partial charge < -0.3 is 5.32 Å². The summed E-state index contributed by atoms with van der Waals surface area (Å²) in [4.78, 5) is 11.3. The average Bonchev–Trinajstić information content (AvgIpc) is 2.27. The maximum absolute atomic E-state index is 12.0. The minimum atomic E-state index is -4.04. The first-order valence-electron chi connectivity index (χ1n) is 5.02. The van der Waals surface area contributed by atoms with E-state index in [1.807, 2.05) is 5.32 Å². The second-order valence-corrected chi connectivity index (χ2v) is 5.69. The maximum atomic E-state index is 12.0. The zero-order valence-electron chi connectivity index (χ0n) is 9.78. The van der Waals surface area contributed by atoms with Crippen molar-refractivity contribution in [2.24, 2.45) is 5.14 Å². The van der Waals surface area contributed by atoms with Crippen LogP contribution in [0.3, 0.4) is 0 Å². The Balaban J connectivity index is 3.20. The van der Waals surface area contributed by atoms with Crippen LogP contribution in [0.5, 0.6) is 0 Å². The fraction of sp³-hybridized carbons (Fsp3) is 0.300. The molecular formula is C10H11ClF2N2O3S. The van der Waals surface area contributed by atoms with Crippen molar-refractivity contribution in [1.82, 2.24) is 5.32 Å². The molecular weight excluding hydrogens is 302 g/mol. The molecule has 1 amide bonds. The summed E-state index contributed by atoms with van der Waals surface area (Å²) in [6.07, 6.45) is -2.71. The molecule has 1 aromatic carbocycles. The van der Waals surface area contributed by atoms with Gasteiger partial charge in [0.05, 0.1) is 11.4 Å². The van der Waals surface area contributed by atoms with Gasteiger partial charge in [0.2, 0.25) is 10.0 Å². The first kappa shape index (κ1) is 15.8. The number of rotatable bonds is 4. The lowest BCUT2D eigenvalue weighted by molar-refractivity contribution is 0.0891. The largest absolute Gasteiger partial charge is 0.346 e. The van der Waals surface area contributed by atoms with Crippen molar-refractivity contribution in [3.63, 3.8) is 0 Å². The number of hydrogen-bond acceptors (Lipinski definition) is 3. The van der Waals surface area contributed by atoms with E-state index in [0.717, 1.165) is 12.1 Å². The van der Waals surface area contributed by atoms with Crippen molar-refractivity contribution in [3.8, 4) is 0 Å². The third-order valence-corrected chi connectivity index (χ3v) is 3.59. The van der Waals surface area contributed by atoms with Gasteiger partial charge in [0, 0.05) is 10.6 Å². The molecule has 1 rings (SSSR count). The molecule has 0 fully saturated rings. The van der Waals surface area contributed by atoms with Crippen LogP contribution < -0.4 is 10.5 Å². The topological polar surface area (TPSA) is 89.3 Å². The van der Waals surface area contributed by atoms with Crippen LogP contribution in [0.15, 0.2) is 17.0 Å². The summed E-state index contributed by atoms with van der Waals surface area (Å²) in [5, 5.41) is 6.90. The van der Waals surface area contributed by atoms with Gasteiger partial charge in [0.25, 0.3) is 12.3 Å². The van der Waals surface area contributed by atoms with E-state index >= 15 is 0 Å². The van der Waals surface area contributed by atoms with Crippen LogP contribution in [-0.2, 0) is 10.0 Å². The Bertz CT molecular complexity index is 605. The molecule has 3 N–H and O–H groups in total. The van der Waals surface area contributed by atoms with Crippen LogP contribution in [0, 0.1) is 6.92 Å². The summed E-state index contributed by atoms with van der Waals surface area (Å²) in [5.74, 6) is -0.842. The van der Waals surface area contributed by atoms with E-state index in [1.54, 1.807) is 0 Å². The van der Waals surface area contributed by atoms with E-state index in [1.165, 1.54) is 6.92 Å². The van der Waals surface area contributed by atoms with Gasteiger partial charge in [-0.25, -0.2) is 22.3 Å². The van der Waals surface area contributed by atoms with Gasteiger partial charge in [-0.15, -0.1) is 0 Å². The molecule has 5 nitrogen and oxygen atoms in total. The molecule has 0 heterocycles. The molecule has 0 aliphatic carbocycles. The first-order chi connectivity index (χ1) is 8.62. The molecule has 19 heavy (non-hydrogen) atoms. The molecule has 0 radical (unpaired) electrons. The maximum Gasteiger partial charge on any atom is 0.255 e. The van der Waals surface area contributed by atoms with Gasteiger partial charge in [-0.2, -0.15) is 0 Å². The van der Waals surface area contributed by atoms with Gasteiger partial charge in [-0.1, -0.05) is 11.6 Å². The zero-order chi connectivity index (χ0) is 14.8. The molecule has 0 atom stereocenters. The standard InChI is InChI=1S/C10H11ClF2N2O3S/c1-5-7(10(16)15-4-9(12)13)2-6(3-8(5)11)19(14,17)18/h2-3,9H,4H2,1H3,(H,15,16)(H2,14,17,18). The van der Waals surface area contributed by atoms with Gasteiger partial charge in [0.15, 0.2) is 0 Å². The van der Waals surface area contributed by atoms with Crippen LogP contribution >= 0.6 is 11.6 Å². The Morgan fingerprint density at radius 3 is 2.53 bits per heavy atom. The number of carbonyl (C=O) groups excluding carboxylic acids is 1. The first-order valence-corrected chi connectivity index (χ1v) is 6.94. The van der Waals surface area contributed by atoms with E-state index < -0.39 is 28.9 Å². The summed E-state index contributed by atoms with van der Waals surface area (Å²) in [6, 6.07) is 2.09. The second kappa shape index (κ2) is 5.81. The SMILES string of the molecule is Cc1c(Cl)cc(S(N)(=O)=O)cc1C(=O)NCC(F)F. The number of hydrogen-bond donors (Lipinski definition) is 2. The predicted octanol–water partition coefficient (Wildman–Crippen LogP) is 1.29. The Hall–Kier alpha value is -1.25. The summed E-state index contributed by atoms with van der Waals surface area (Å²) in [5.41, 5.74) is 0.165. The molecule has 0 saturated carbocycles. The summed E-state index contributed by atoms with van der Waals surface area (Å²) < 4.78 is 46.4. The number of alkyl halides is 2. The Morgan fingerprint density at radius 2 is 2.05 bits per heavy atom. The highest BCUT2D eigenvalue weighted by molar-refractivity contribution is 7.89. The van der Waals surface area contributed by atoms with Crippen molar-refractivity contribution in [1.29, 1.82) is 0 Å². The third-order valence-electron chi connectivity index (χ3n) is 2.31. The van der Waals surface area contributed by atoms with Crippen LogP contribution in [0.25, 0.3) is 0 Å². The molecule has 9 heteroatoms. The highest BCUT2D eigenvalue weighted by Gasteiger charge is 2.18. The van der Waals surface area contributed by atoms with Gasteiger partial charge in [-0.05, 0) is 24.6 Å². The van der Waals surface area contributed by atoms with Crippen molar-refractivity contribution < 1.29 is 22.0 Å². The molecule has 1 aromatic rings. The molecule has 0 aromatic heterocycles. The Kier molecular flexibility index (Phi) is 4.83. The number of sulfonamides is 1. The summed E-state index contributed by atoms with van der Waals surface area (Å²) >= 11 is 5.78. The number of primary sulfonamides is 1. The third kappa shape index (κ3) is 4.12. The number of halogens is 3. The Morgan fingerprint density at radius 1 is 1.47 bits per heavy atom. The van der Waals surface area contributed by atoms with Gasteiger partial charge in [-0.3, -0.25) is 4.79 Å². The van der Waals surface area contributed by atoms with Gasteiger partial charge >= 0.3 is 0 Å². The van der Waals surface area contributed by atoms with Crippen molar-refractivity contribution in [2.75, 3.05) is 6.54 Å². The molecule has 106 valence electrons. The number of nitrogens with two attached hydrogens (primary N) is 1. The molecule has 0 aliphatic heterocycles. The lowest BCUT2D eigenvalue weighted by Gasteiger charge is -2.10. The van der Waals surface area contributed by atoms with Crippen LogP contribution in [0.4, 0.5) is 8.78 Å². The fourth-order valence-corrected chi connectivity index (χ4v) is 2.17. The van der Waals surface area contributed by atoms with Crippen molar-refractivity contribution >= 4 is 27.5 Å². The monoisotopic (exact) mass is 312 g/mol. The predicted molar refractivity (Wildman–Crippen MR) is 65.9 cm³/mol. The minimum absolute atomic E-state index is 0.00808. The van der Waals surface area contributed by atoms with Crippen LogP contribution in [-0.4, -0.2) is 27.3 Å². The van der Waals surface area contributed by atoms with E-state index in [-0.39, 0.29) is 21.0 Å². The van der Waals surface area contributed by atoms with E-state index in [2.05, 4.69) is 0 Å². The number of nitrogens with one attached hydrogen (secondary N) is 1. The number of benzene rings is 1. The fourth-order valence-electron chi connectivity index (χ4n) is 1.32. The Labute approximate surface area is 113 Å². The highest BCUT2D eigenvalue weighted by atomic mass is 35.5. The van der Waals surface area contributed by atoms with Gasteiger partial charge in [0.1, 0.15) is 0 Å². The number of amides is 1. The van der Waals surface area contributed by atoms with E-state index in [9.17, 15) is 22.0 Å². The lowest BCUT2D eigenvalue weighted by Crippen LogP contribution is -2.29. The minimum Gasteiger partial charge on any atom is -0.346 e. The highest BCUT2D eigenvalue weighted by Crippen LogP contribution is 2.23. The quantitative estimate of drug-likeness (QED) is 0.878. The average molecular weight is 313 g/mol. The normalized spacial score (nSPS) is 11.7. The molecule has 0 spiro atoms.